The molecule has 0 amide bonds. The van der Waals surface area contributed by atoms with E-state index in [9.17, 15) is 9.59 Å². The van der Waals surface area contributed by atoms with Gasteiger partial charge in [-0.25, -0.2) is 0 Å². The third-order valence-corrected chi connectivity index (χ3v) is 7.43. The van der Waals surface area contributed by atoms with Crippen LogP contribution >= 0.6 is 55.4 Å². The number of hydrogen-bond acceptors (Lipinski definition) is 4. The Balaban J connectivity index is 2.49. The molecule has 2 aliphatic heterocycles. The number of alkyl halides is 1. The maximum absolute atomic E-state index is 11.5. The number of carbonyl (C=O) groups is 2. The van der Waals surface area contributed by atoms with Gasteiger partial charge in [0, 0.05) is 4.91 Å². The molecule has 13 heavy (non-hydrogen) atoms. The Labute approximate surface area is 101 Å². The van der Waals surface area contributed by atoms with E-state index in [1.54, 1.807) is 0 Å². The van der Waals surface area contributed by atoms with E-state index in [4.69, 9.17) is 0 Å². The molecule has 2 unspecified atom stereocenters. The topological polar surface area (TPSA) is 34.1 Å². The first kappa shape index (κ1) is 10.3. The highest BCUT2D eigenvalue weighted by atomic mass is 79.9. The van der Waals surface area contributed by atoms with Crippen molar-refractivity contribution in [2.75, 3.05) is 0 Å². The zero-order valence-corrected chi connectivity index (χ0v) is 11.3. The summed E-state index contributed by atoms with van der Waals surface area (Å²) < 4.78 is -0.0351. The van der Waals surface area contributed by atoms with Crippen LogP contribution in [0.4, 0.5) is 0 Å². The van der Waals surface area contributed by atoms with Crippen molar-refractivity contribution in [2.24, 2.45) is 0 Å². The van der Waals surface area contributed by atoms with Crippen molar-refractivity contribution in [2.45, 2.75) is 16.5 Å². The summed E-state index contributed by atoms with van der Waals surface area (Å²) in [5.41, 5.74) is 0. The second kappa shape index (κ2) is 3.12. The number of rotatable bonds is 0. The van der Waals surface area contributed by atoms with Crippen LogP contribution in [0.25, 0.3) is 0 Å². The number of hydrogen-bond donors (Lipinski definition) is 0. The van der Waals surface area contributed by atoms with Crippen molar-refractivity contribution in [1.82, 2.24) is 0 Å². The summed E-state index contributed by atoms with van der Waals surface area (Å²) in [6, 6.07) is 0. The SMILES string of the molecule is CC1(Br)C(=O)SC2=C(Br)C(=O)SC21. The lowest BCUT2D eigenvalue weighted by Crippen LogP contribution is -2.30. The minimum atomic E-state index is -0.594. The van der Waals surface area contributed by atoms with Crippen LogP contribution in [0.3, 0.4) is 0 Å². The van der Waals surface area contributed by atoms with Gasteiger partial charge in [0.15, 0.2) is 0 Å². The normalized spacial score (nSPS) is 38.8. The highest BCUT2D eigenvalue weighted by Crippen LogP contribution is 2.57. The van der Waals surface area contributed by atoms with E-state index in [0.29, 0.717) is 4.48 Å². The van der Waals surface area contributed by atoms with Crippen molar-refractivity contribution >= 4 is 65.6 Å². The van der Waals surface area contributed by atoms with Crippen LogP contribution in [0.5, 0.6) is 0 Å². The minimum absolute atomic E-state index is 0.0191. The van der Waals surface area contributed by atoms with E-state index in [0.717, 1.165) is 16.7 Å². The van der Waals surface area contributed by atoms with Crippen molar-refractivity contribution in [1.29, 1.82) is 0 Å². The molecule has 2 heterocycles. The second-order valence-electron chi connectivity index (χ2n) is 2.93. The molecule has 70 valence electrons. The maximum atomic E-state index is 11.5. The van der Waals surface area contributed by atoms with Crippen molar-refractivity contribution in [3.63, 3.8) is 0 Å². The first-order chi connectivity index (χ1) is 5.94. The van der Waals surface area contributed by atoms with Crippen LogP contribution in [0.2, 0.25) is 0 Å². The van der Waals surface area contributed by atoms with Gasteiger partial charge in [0.25, 0.3) is 0 Å². The summed E-state index contributed by atoms with van der Waals surface area (Å²) in [7, 11) is 0. The first-order valence-electron chi connectivity index (χ1n) is 3.46. The van der Waals surface area contributed by atoms with Gasteiger partial charge >= 0.3 is 0 Å². The average molecular weight is 344 g/mol. The first-order valence-corrected chi connectivity index (χ1v) is 6.74. The number of carbonyl (C=O) groups excluding carboxylic acids is 2. The monoisotopic (exact) mass is 342 g/mol. The number of halogens is 2. The van der Waals surface area contributed by atoms with Gasteiger partial charge in [-0.2, -0.15) is 0 Å². The fourth-order valence-electron chi connectivity index (χ4n) is 1.19. The van der Waals surface area contributed by atoms with Crippen LogP contribution in [-0.4, -0.2) is 19.8 Å². The van der Waals surface area contributed by atoms with Crippen LogP contribution in [0, 0.1) is 0 Å². The molecular formula is C7H4Br2O2S2. The van der Waals surface area contributed by atoms with Crippen molar-refractivity contribution in [3.05, 3.63) is 9.39 Å². The molecule has 2 rings (SSSR count). The predicted octanol–water partition coefficient (Wildman–Crippen LogP) is 2.66. The number of fused-ring (bicyclic) bond motifs is 1. The number of thioether (sulfide) groups is 2. The average Bonchev–Trinajstić information content (AvgIpc) is 2.42. The summed E-state index contributed by atoms with van der Waals surface area (Å²) in [6.45, 7) is 1.81. The summed E-state index contributed by atoms with van der Waals surface area (Å²) in [5.74, 6) is 0. The van der Waals surface area contributed by atoms with E-state index in [-0.39, 0.29) is 15.5 Å². The van der Waals surface area contributed by atoms with Crippen LogP contribution in [0.1, 0.15) is 6.92 Å². The largest absolute Gasteiger partial charge is 0.285 e. The molecule has 0 N–H and O–H groups in total. The van der Waals surface area contributed by atoms with Gasteiger partial charge in [0.2, 0.25) is 10.2 Å². The Hall–Kier alpha value is 0.740. The third kappa shape index (κ3) is 1.37. The van der Waals surface area contributed by atoms with Gasteiger partial charge in [-0.15, -0.1) is 0 Å². The van der Waals surface area contributed by atoms with Gasteiger partial charge in [-0.05, 0) is 22.9 Å². The highest BCUT2D eigenvalue weighted by Gasteiger charge is 2.54. The molecule has 2 nitrogen and oxygen atoms in total. The van der Waals surface area contributed by atoms with Crippen LogP contribution in [0.15, 0.2) is 9.39 Å². The van der Waals surface area contributed by atoms with Crippen molar-refractivity contribution in [3.8, 4) is 0 Å². The minimum Gasteiger partial charge on any atom is -0.285 e. The smallest absolute Gasteiger partial charge is 0.227 e. The third-order valence-electron chi connectivity index (χ3n) is 1.95. The van der Waals surface area contributed by atoms with Gasteiger partial charge in [-0.3, -0.25) is 9.59 Å². The van der Waals surface area contributed by atoms with Gasteiger partial charge in [0.05, 0.1) is 9.73 Å². The van der Waals surface area contributed by atoms with Crippen LogP contribution < -0.4 is 0 Å². The Bertz CT molecular complexity index is 348. The Morgan fingerprint density at radius 2 is 2.08 bits per heavy atom. The van der Waals surface area contributed by atoms with Gasteiger partial charge in [-0.1, -0.05) is 39.5 Å². The molecule has 0 aromatic carbocycles. The Morgan fingerprint density at radius 1 is 1.46 bits per heavy atom. The lowest BCUT2D eigenvalue weighted by atomic mass is 10.1. The van der Waals surface area contributed by atoms with E-state index >= 15 is 0 Å². The molecule has 1 saturated heterocycles. The van der Waals surface area contributed by atoms with E-state index in [2.05, 4.69) is 31.9 Å². The molecule has 0 spiro atoms. The van der Waals surface area contributed by atoms with E-state index in [1.807, 2.05) is 6.92 Å². The van der Waals surface area contributed by atoms with E-state index in [1.165, 1.54) is 11.8 Å². The molecule has 6 heteroatoms. The van der Waals surface area contributed by atoms with Gasteiger partial charge < -0.3 is 0 Å². The fraction of sp³-hybridized carbons (Fsp3) is 0.429. The molecule has 0 aromatic heterocycles. The maximum Gasteiger partial charge on any atom is 0.227 e. The molecule has 2 aliphatic rings. The summed E-state index contributed by atoms with van der Waals surface area (Å²) in [5, 5.41) is 0.0435. The summed E-state index contributed by atoms with van der Waals surface area (Å²) in [4.78, 5) is 23.7. The molecule has 0 bridgehead atoms. The van der Waals surface area contributed by atoms with Crippen molar-refractivity contribution < 1.29 is 9.59 Å². The summed E-state index contributed by atoms with van der Waals surface area (Å²) in [6.07, 6.45) is 0. The lowest BCUT2D eigenvalue weighted by molar-refractivity contribution is -0.111. The molecule has 2 atom stereocenters. The molecule has 0 aromatic rings. The molecule has 0 saturated carbocycles. The fourth-order valence-corrected chi connectivity index (χ4v) is 5.45. The Morgan fingerprint density at radius 3 is 2.62 bits per heavy atom. The highest BCUT2D eigenvalue weighted by molar-refractivity contribution is 9.12. The zero-order valence-electron chi connectivity index (χ0n) is 6.47. The zero-order chi connectivity index (χ0) is 9.80. The molecule has 0 aliphatic carbocycles. The molecular weight excluding hydrogens is 340 g/mol. The molecule has 1 fully saturated rings. The van der Waals surface area contributed by atoms with Crippen LogP contribution in [-0.2, 0) is 9.59 Å². The lowest BCUT2D eigenvalue weighted by Gasteiger charge is -2.17. The van der Waals surface area contributed by atoms with E-state index < -0.39 is 4.32 Å². The quantitative estimate of drug-likeness (QED) is 0.633. The second-order valence-corrected chi connectivity index (χ2v) is 7.46. The molecule has 0 radical (unpaired) electrons. The predicted molar refractivity (Wildman–Crippen MR) is 62.3 cm³/mol. The summed E-state index contributed by atoms with van der Waals surface area (Å²) >= 11 is 8.94. The standard InChI is InChI=1S/C7H4Br2O2S2/c1-7(9)4-3(12-6(7)11)2(8)5(10)13-4/h4H,1H3. The Kier molecular flexibility index (Phi) is 2.46. The van der Waals surface area contributed by atoms with Gasteiger partial charge in [0.1, 0.15) is 4.32 Å².